The summed E-state index contributed by atoms with van der Waals surface area (Å²) in [6.45, 7) is 9.99. The highest BCUT2D eigenvalue weighted by Gasteiger charge is 2.16. The highest BCUT2D eigenvalue weighted by molar-refractivity contribution is 6.04. The van der Waals surface area contributed by atoms with Gasteiger partial charge in [-0.1, -0.05) is 45.0 Å². The third kappa shape index (κ3) is 4.95. The van der Waals surface area contributed by atoms with E-state index in [9.17, 15) is 4.79 Å². The Bertz CT molecular complexity index is 719. The molecule has 3 heteroatoms. The van der Waals surface area contributed by atoms with E-state index in [1.165, 1.54) is 37.1 Å². The topological polar surface area (TPSA) is 32.3 Å². The first-order valence-electron chi connectivity index (χ1n) is 9.74. The zero-order valence-electron chi connectivity index (χ0n) is 16.2. The summed E-state index contributed by atoms with van der Waals surface area (Å²) < 4.78 is 0. The number of hydrogen-bond donors (Lipinski definition) is 1. The van der Waals surface area contributed by atoms with Gasteiger partial charge in [0, 0.05) is 24.3 Å². The van der Waals surface area contributed by atoms with Gasteiger partial charge in [-0.15, -0.1) is 0 Å². The molecule has 1 aliphatic heterocycles. The van der Waals surface area contributed by atoms with Gasteiger partial charge in [-0.2, -0.15) is 0 Å². The molecular weight excluding hydrogens is 320 g/mol. The SMILES string of the molecule is CC(C)c1ccc(NC(=O)c2ccc(CN3CCC[C@@H](C)C3)cc2)cc1. The first-order valence-corrected chi connectivity index (χ1v) is 9.74. The van der Waals surface area contributed by atoms with Gasteiger partial charge in [0.05, 0.1) is 0 Å². The molecule has 0 aliphatic carbocycles. The molecule has 2 aromatic carbocycles. The Morgan fingerprint density at radius 2 is 1.81 bits per heavy atom. The second-order valence-electron chi connectivity index (χ2n) is 7.91. The fourth-order valence-corrected chi connectivity index (χ4v) is 3.60. The fraction of sp³-hybridized carbons (Fsp3) is 0.435. The number of carbonyl (C=O) groups excluding carboxylic acids is 1. The first-order chi connectivity index (χ1) is 12.5. The van der Waals surface area contributed by atoms with Crippen molar-refractivity contribution in [1.82, 2.24) is 4.90 Å². The van der Waals surface area contributed by atoms with Crippen LogP contribution in [0.1, 0.15) is 61.0 Å². The van der Waals surface area contributed by atoms with Crippen molar-refractivity contribution in [3.63, 3.8) is 0 Å². The van der Waals surface area contributed by atoms with Crippen LogP contribution in [0.4, 0.5) is 5.69 Å². The third-order valence-corrected chi connectivity index (χ3v) is 5.20. The van der Waals surface area contributed by atoms with Crippen LogP contribution in [-0.2, 0) is 6.54 Å². The molecule has 0 radical (unpaired) electrons. The van der Waals surface area contributed by atoms with Gasteiger partial charge in [-0.25, -0.2) is 0 Å². The lowest BCUT2D eigenvalue weighted by atomic mass is 9.99. The number of likely N-dealkylation sites (tertiary alicyclic amines) is 1. The number of carbonyl (C=O) groups is 1. The summed E-state index contributed by atoms with van der Waals surface area (Å²) >= 11 is 0. The molecule has 0 bridgehead atoms. The van der Waals surface area contributed by atoms with Crippen LogP contribution < -0.4 is 5.32 Å². The van der Waals surface area contributed by atoms with Gasteiger partial charge in [-0.05, 0) is 66.6 Å². The standard InChI is InChI=1S/C23H30N2O/c1-17(2)20-10-12-22(13-11-20)24-23(26)21-8-6-19(7-9-21)16-25-14-4-5-18(3)15-25/h6-13,17-18H,4-5,14-16H2,1-3H3,(H,24,26)/t18-/m1/s1. The Morgan fingerprint density at radius 3 is 2.42 bits per heavy atom. The minimum absolute atomic E-state index is 0.0551. The van der Waals surface area contributed by atoms with E-state index in [2.05, 4.69) is 55.3 Å². The summed E-state index contributed by atoms with van der Waals surface area (Å²) in [6.07, 6.45) is 2.63. The summed E-state index contributed by atoms with van der Waals surface area (Å²) in [5.41, 5.74) is 4.09. The highest BCUT2D eigenvalue weighted by atomic mass is 16.1. The zero-order valence-corrected chi connectivity index (χ0v) is 16.2. The largest absolute Gasteiger partial charge is 0.322 e. The number of benzene rings is 2. The van der Waals surface area contributed by atoms with Crippen LogP contribution >= 0.6 is 0 Å². The summed E-state index contributed by atoms with van der Waals surface area (Å²) in [7, 11) is 0. The van der Waals surface area contributed by atoms with E-state index in [0.717, 1.165) is 18.2 Å². The second kappa shape index (κ2) is 8.50. The average molecular weight is 351 g/mol. The molecule has 0 aromatic heterocycles. The maximum atomic E-state index is 12.5. The Labute approximate surface area is 157 Å². The van der Waals surface area contributed by atoms with Crippen LogP contribution in [0.25, 0.3) is 0 Å². The second-order valence-corrected chi connectivity index (χ2v) is 7.91. The van der Waals surface area contributed by atoms with Gasteiger partial charge >= 0.3 is 0 Å². The molecule has 1 saturated heterocycles. The van der Waals surface area contributed by atoms with Gasteiger partial charge in [0.1, 0.15) is 0 Å². The third-order valence-electron chi connectivity index (χ3n) is 5.20. The van der Waals surface area contributed by atoms with Crippen molar-refractivity contribution in [2.45, 2.75) is 46.1 Å². The summed E-state index contributed by atoms with van der Waals surface area (Å²) in [5.74, 6) is 1.23. The monoisotopic (exact) mass is 350 g/mol. The van der Waals surface area contributed by atoms with Crippen LogP contribution in [0.15, 0.2) is 48.5 Å². The molecule has 3 rings (SSSR count). The zero-order chi connectivity index (χ0) is 18.5. The number of nitrogens with one attached hydrogen (secondary N) is 1. The van der Waals surface area contributed by atoms with Crippen molar-refractivity contribution in [3.05, 3.63) is 65.2 Å². The van der Waals surface area contributed by atoms with Crippen molar-refractivity contribution < 1.29 is 4.79 Å². The van der Waals surface area contributed by atoms with Crippen LogP contribution in [0.2, 0.25) is 0 Å². The van der Waals surface area contributed by atoms with E-state index >= 15 is 0 Å². The molecular formula is C23H30N2O. The fourth-order valence-electron chi connectivity index (χ4n) is 3.60. The van der Waals surface area contributed by atoms with E-state index in [1.54, 1.807) is 0 Å². The van der Waals surface area contributed by atoms with Crippen LogP contribution in [0, 0.1) is 5.92 Å². The van der Waals surface area contributed by atoms with Gasteiger partial charge in [0.15, 0.2) is 0 Å². The van der Waals surface area contributed by atoms with E-state index < -0.39 is 0 Å². The quantitative estimate of drug-likeness (QED) is 0.794. The molecule has 1 heterocycles. The van der Waals surface area contributed by atoms with Gasteiger partial charge in [0.25, 0.3) is 5.91 Å². The van der Waals surface area contributed by atoms with Crippen molar-refractivity contribution in [2.75, 3.05) is 18.4 Å². The van der Waals surface area contributed by atoms with E-state index in [1.807, 2.05) is 24.3 Å². The minimum atomic E-state index is -0.0551. The number of rotatable bonds is 5. The Hall–Kier alpha value is -2.13. The molecule has 26 heavy (non-hydrogen) atoms. The lowest BCUT2D eigenvalue weighted by Gasteiger charge is -2.30. The highest BCUT2D eigenvalue weighted by Crippen LogP contribution is 2.19. The normalized spacial score (nSPS) is 18.1. The molecule has 0 saturated carbocycles. The van der Waals surface area contributed by atoms with Crippen molar-refractivity contribution in [3.8, 4) is 0 Å². The molecule has 2 aromatic rings. The van der Waals surface area contributed by atoms with Crippen LogP contribution in [-0.4, -0.2) is 23.9 Å². The number of nitrogens with zero attached hydrogens (tertiary/aromatic N) is 1. The Kier molecular flexibility index (Phi) is 6.10. The van der Waals surface area contributed by atoms with Crippen molar-refractivity contribution in [2.24, 2.45) is 5.92 Å². The summed E-state index contributed by atoms with van der Waals surface area (Å²) in [6, 6.07) is 16.1. The lowest BCUT2D eigenvalue weighted by molar-refractivity contribution is 0.102. The van der Waals surface area contributed by atoms with Gasteiger partial charge < -0.3 is 5.32 Å². The molecule has 0 unspecified atom stereocenters. The number of anilines is 1. The molecule has 1 aliphatic rings. The van der Waals surface area contributed by atoms with Gasteiger partial charge in [-0.3, -0.25) is 9.69 Å². The van der Waals surface area contributed by atoms with Crippen LogP contribution in [0.3, 0.4) is 0 Å². The van der Waals surface area contributed by atoms with Crippen molar-refractivity contribution >= 4 is 11.6 Å². The van der Waals surface area contributed by atoms with E-state index in [-0.39, 0.29) is 5.91 Å². The number of piperidine rings is 1. The van der Waals surface area contributed by atoms with Crippen molar-refractivity contribution in [1.29, 1.82) is 0 Å². The van der Waals surface area contributed by atoms with E-state index in [0.29, 0.717) is 11.5 Å². The number of amides is 1. The predicted molar refractivity (Wildman–Crippen MR) is 109 cm³/mol. The van der Waals surface area contributed by atoms with Gasteiger partial charge in [0.2, 0.25) is 0 Å². The lowest BCUT2D eigenvalue weighted by Crippen LogP contribution is -2.33. The summed E-state index contributed by atoms with van der Waals surface area (Å²) in [4.78, 5) is 15.0. The smallest absolute Gasteiger partial charge is 0.255 e. The van der Waals surface area contributed by atoms with E-state index in [4.69, 9.17) is 0 Å². The molecule has 1 amide bonds. The number of hydrogen-bond acceptors (Lipinski definition) is 2. The molecule has 3 nitrogen and oxygen atoms in total. The first kappa shape index (κ1) is 18.7. The molecule has 138 valence electrons. The molecule has 0 spiro atoms. The maximum absolute atomic E-state index is 12.5. The maximum Gasteiger partial charge on any atom is 0.255 e. The minimum Gasteiger partial charge on any atom is -0.322 e. The van der Waals surface area contributed by atoms with Crippen LogP contribution in [0.5, 0.6) is 0 Å². The molecule has 1 fully saturated rings. The summed E-state index contributed by atoms with van der Waals surface area (Å²) in [5, 5.41) is 2.98. The predicted octanol–water partition coefficient (Wildman–Crippen LogP) is 5.29. The molecule has 1 N–H and O–H groups in total. The molecule has 1 atom stereocenters. The Morgan fingerprint density at radius 1 is 1.12 bits per heavy atom. The average Bonchev–Trinajstić information content (AvgIpc) is 2.63. The Balaban J connectivity index is 1.58.